The molecule has 4 heteroatoms. The van der Waals surface area contributed by atoms with Gasteiger partial charge in [-0.25, -0.2) is 4.39 Å². The van der Waals surface area contributed by atoms with E-state index in [1.165, 1.54) is 25.1 Å². The molecule has 13 heavy (non-hydrogen) atoms. The largest absolute Gasteiger partial charge is 0.355 e. The van der Waals surface area contributed by atoms with Gasteiger partial charge < -0.3 is 10.3 Å². The van der Waals surface area contributed by atoms with Crippen LogP contribution in [0.4, 0.5) is 4.39 Å². The first-order chi connectivity index (χ1) is 6.25. The summed E-state index contributed by atoms with van der Waals surface area (Å²) >= 11 is 0. The quantitative estimate of drug-likeness (QED) is 0.727. The monoisotopic (exact) mass is 182 g/mol. The lowest BCUT2D eigenvalue weighted by atomic mass is 10.3. The van der Waals surface area contributed by atoms with Crippen LogP contribution in [0.5, 0.6) is 0 Å². The highest BCUT2D eigenvalue weighted by molar-refractivity contribution is 5.92. The van der Waals surface area contributed by atoms with Gasteiger partial charge in [0, 0.05) is 18.8 Å². The van der Waals surface area contributed by atoms with E-state index in [1.807, 2.05) is 0 Å². The summed E-state index contributed by atoms with van der Waals surface area (Å²) in [7, 11) is 0. The Hall–Kier alpha value is -1.32. The Balaban J connectivity index is 1.88. The molecule has 0 unspecified atom stereocenters. The number of aromatic amines is 1. The van der Waals surface area contributed by atoms with Crippen LogP contribution >= 0.6 is 0 Å². The Morgan fingerprint density at radius 3 is 3.00 bits per heavy atom. The Kier molecular flexibility index (Phi) is 2.04. The minimum absolute atomic E-state index is 0.226. The number of amides is 1. The van der Waals surface area contributed by atoms with Gasteiger partial charge in [0.2, 0.25) is 0 Å². The number of hydrogen-bond donors (Lipinski definition) is 2. The van der Waals surface area contributed by atoms with Gasteiger partial charge in [0.1, 0.15) is 11.5 Å². The number of halogens is 1. The molecule has 1 aromatic rings. The molecule has 1 aliphatic rings. The topological polar surface area (TPSA) is 44.9 Å². The molecule has 1 fully saturated rings. The normalized spacial score (nSPS) is 15.8. The highest BCUT2D eigenvalue weighted by atomic mass is 19.1. The average molecular weight is 182 g/mol. The number of rotatable bonds is 3. The summed E-state index contributed by atoms with van der Waals surface area (Å²) in [6.45, 7) is 0.708. The van der Waals surface area contributed by atoms with Crippen molar-refractivity contribution in [1.29, 1.82) is 0 Å². The van der Waals surface area contributed by atoms with Crippen molar-refractivity contribution in [3.63, 3.8) is 0 Å². The van der Waals surface area contributed by atoms with E-state index in [1.54, 1.807) is 0 Å². The van der Waals surface area contributed by atoms with E-state index >= 15 is 0 Å². The molecule has 0 saturated heterocycles. The van der Waals surface area contributed by atoms with Crippen LogP contribution in [-0.4, -0.2) is 17.4 Å². The van der Waals surface area contributed by atoms with Gasteiger partial charge in [-0.15, -0.1) is 0 Å². The Morgan fingerprint density at radius 2 is 2.46 bits per heavy atom. The summed E-state index contributed by atoms with van der Waals surface area (Å²) in [5.41, 5.74) is 0.290. The number of carbonyl (C=O) groups excluding carboxylic acids is 1. The van der Waals surface area contributed by atoms with E-state index in [0.29, 0.717) is 12.5 Å². The van der Waals surface area contributed by atoms with Gasteiger partial charge in [0.05, 0.1) is 0 Å². The van der Waals surface area contributed by atoms with Crippen LogP contribution in [0, 0.1) is 11.7 Å². The van der Waals surface area contributed by atoms with Gasteiger partial charge in [-0.05, 0) is 18.8 Å². The predicted molar refractivity (Wildman–Crippen MR) is 45.8 cm³/mol. The third kappa shape index (κ3) is 2.08. The van der Waals surface area contributed by atoms with Crippen molar-refractivity contribution in [3.05, 3.63) is 23.8 Å². The number of nitrogens with one attached hydrogen (secondary N) is 2. The van der Waals surface area contributed by atoms with E-state index in [0.717, 1.165) is 0 Å². The molecule has 2 N–H and O–H groups in total. The molecule has 1 heterocycles. The molecule has 1 aromatic heterocycles. The first-order valence-electron chi connectivity index (χ1n) is 4.38. The molecule has 0 aromatic carbocycles. The van der Waals surface area contributed by atoms with E-state index in [2.05, 4.69) is 10.3 Å². The molecular formula is C9H11FN2O. The number of hydrogen-bond acceptors (Lipinski definition) is 1. The Bertz CT molecular complexity index is 317. The van der Waals surface area contributed by atoms with Crippen molar-refractivity contribution in [2.75, 3.05) is 6.54 Å². The lowest BCUT2D eigenvalue weighted by Crippen LogP contribution is -2.25. The maximum atomic E-state index is 12.5. The van der Waals surface area contributed by atoms with Crippen molar-refractivity contribution in [1.82, 2.24) is 10.3 Å². The van der Waals surface area contributed by atoms with Gasteiger partial charge >= 0.3 is 0 Å². The minimum atomic E-state index is -0.406. The lowest BCUT2D eigenvalue weighted by molar-refractivity contribution is 0.0947. The standard InChI is InChI=1S/C9H11FN2O/c10-7-3-8(11-5-7)9(13)12-4-6-1-2-6/h3,5-6,11H,1-2,4H2,(H,12,13). The smallest absolute Gasteiger partial charge is 0.267 e. The van der Waals surface area contributed by atoms with Crippen LogP contribution in [0.2, 0.25) is 0 Å². The summed E-state index contributed by atoms with van der Waals surface area (Å²) < 4.78 is 12.5. The highest BCUT2D eigenvalue weighted by Crippen LogP contribution is 2.27. The third-order valence-corrected chi connectivity index (χ3v) is 2.14. The molecule has 70 valence electrons. The van der Waals surface area contributed by atoms with Crippen LogP contribution in [0.3, 0.4) is 0 Å². The minimum Gasteiger partial charge on any atom is -0.355 e. The molecule has 1 amide bonds. The second-order valence-corrected chi connectivity index (χ2v) is 3.38. The van der Waals surface area contributed by atoms with Crippen molar-refractivity contribution in [2.45, 2.75) is 12.8 Å². The van der Waals surface area contributed by atoms with Crippen LogP contribution in [-0.2, 0) is 0 Å². The van der Waals surface area contributed by atoms with Crippen LogP contribution < -0.4 is 5.32 Å². The Morgan fingerprint density at radius 1 is 1.69 bits per heavy atom. The second kappa shape index (κ2) is 3.20. The molecule has 0 spiro atoms. The van der Waals surface area contributed by atoms with Crippen LogP contribution in [0.25, 0.3) is 0 Å². The van der Waals surface area contributed by atoms with Gasteiger partial charge in [-0.2, -0.15) is 0 Å². The fraction of sp³-hybridized carbons (Fsp3) is 0.444. The van der Waals surface area contributed by atoms with Crippen molar-refractivity contribution >= 4 is 5.91 Å². The first kappa shape index (κ1) is 8.29. The van der Waals surface area contributed by atoms with E-state index < -0.39 is 5.82 Å². The zero-order valence-corrected chi connectivity index (χ0v) is 7.14. The van der Waals surface area contributed by atoms with Gasteiger partial charge in [-0.1, -0.05) is 0 Å². The van der Waals surface area contributed by atoms with Gasteiger partial charge in [0.15, 0.2) is 0 Å². The highest BCUT2D eigenvalue weighted by Gasteiger charge is 2.22. The van der Waals surface area contributed by atoms with Crippen molar-refractivity contribution < 1.29 is 9.18 Å². The summed E-state index contributed by atoms with van der Waals surface area (Å²) in [4.78, 5) is 13.8. The fourth-order valence-corrected chi connectivity index (χ4v) is 1.15. The maximum absolute atomic E-state index is 12.5. The van der Waals surface area contributed by atoms with Crippen molar-refractivity contribution in [2.24, 2.45) is 5.92 Å². The summed E-state index contributed by atoms with van der Waals surface area (Å²) in [6, 6.07) is 1.20. The number of H-pyrrole nitrogens is 1. The zero-order chi connectivity index (χ0) is 9.26. The van der Waals surface area contributed by atoms with Crippen molar-refractivity contribution in [3.8, 4) is 0 Å². The summed E-state index contributed by atoms with van der Waals surface area (Å²) in [5.74, 6) is 0.0103. The molecule has 0 radical (unpaired) electrons. The SMILES string of the molecule is O=C(NCC1CC1)c1cc(F)c[nH]1. The molecule has 0 atom stereocenters. The predicted octanol–water partition coefficient (Wildman–Crippen LogP) is 1.29. The molecule has 2 rings (SSSR count). The van der Waals surface area contributed by atoms with E-state index in [9.17, 15) is 9.18 Å². The first-order valence-corrected chi connectivity index (χ1v) is 4.38. The molecule has 1 aliphatic carbocycles. The van der Waals surface area contributed by atoms with Crippen LogP contribution in [0.15, 0.2) is 12.3 Å². The lowest BCUT2D eigenvalue weighted by Gasteiger charge is -2.00. The summed E-state index contributed by atoms with van der Waals surface area (Å²) in [6.07, 6.45) is 3.56. The molecule has 3 nitrogen and oxygen atoms in total. The van der Waals surface area contributed by atoms with E-state index in [-0.39, 0.29) is 11.6 Å². The summed E-state index contributed by atoms with van der Waals surface area (Å²) in [5, 5.41) is 2.74. The molecular weight excluding hydrogens is 171 g/mol. The molecule has 0 aliphatic heterocycles. The fourth-order valence-electron chi connectivity index (χ4n) is 1.15. The third-order valence-electron chi connectivity index (χ3n) is 2.14. The number of carbonyl (C=O) groups is 1. The zero-order valence-electron chi connectivity index (χ0n) is 7.14. The van der Waals surface area contributed by atoms with Crippen LogP contribution in [0.1, 0.15) is 23.3 Å². The Labute approximate surface area is 75.3 Å². The van der Waals surface area contributed by atoms with E-state index in [4.69, 9.17) is 0 Å². The second-order valence-electron chi connectivity index (χ2n) is 3.38. The van der Waals surface area contributed by atoms with Gasteiger partial charge in [-0.3, -0.25) is 4.79 Å². The maximum Gasteiger partial charge on any atom is 0.267 e. The molecule has 1 saturated carbocycles. The molecule has 0 bridgehead atoms. The average Bonchev–Trinajstić information content (AvgIpc) is 2.84. The van der Waals surface area contributed by atoms with Gasteiger partial charge in [0.25, 0.3) is 5.91 Å². The number of aromatic nitrogens is 1.